The average Bonchev–Trinajstić information content (AvgIpc) is 3.13. The maximum absolute atomic E-state index is 14.2. The first-order chi connectivity index (χ1) is 16.3. The van der Waals surface area contributed by atoms with Crippen LogP contribution in [0.5, 0.6) is 0 Å². The van der Waals surface area contributed by atoms with Gasteiger partial charge < -0.3 is 10.5 Å². The standard InChI is InChI=1S/C26H27F3N4O/c1-3-17-4-5-18(19-10-16(14-30)11-21(27)12-19)13-23(17)26(32-15(2)24(31)33-26)20-6-8-22(9-7-20)34-25(28)29/h4-5,10-13,20,22,25H,3,6-9H2,1-2H3,(H2,31,33). The second-order valence-electron chi connectivity index (χ2n) is 8.86. The van der Waals surface area contributed by atoms with Crippen LogP contribution in [-0.4, -0.2) is 24.3 Å². The molecule has 0 aromatic heterocycles. The van der Waals surface area contributed by atoms with Crippen molar-refractivity contribution in [3.05, 3.63) is 58.9 Å². The van der Waals surface area contributed by atoms with Gasteiger partial charge in [0.15, 0.2) is 5.66 Å². The highest BCUT2D eigenvalue weighted by atomic mass is 19.3. The maximum atomic E-state index is 14.2. The van der Waals surface area contributed by atoms with Crippen molar-refractivity contribution in [3.63, 3.8) is 0 Å². The number of rotatable bonds is 6. The van der Waals surface area contributed by atoms with Gasteiger partial charge in [-0.25, -0.2) is 9.38 Å². The predicted molar refractivity (Wildman–Crippen MR) is 125 cm³/mol. The van der Waals surface area contributed by atoms with Gasteiger partial charge in [-0.15, -0.1) is 0 Å². The van der Waals surface area contributed by atoms with Crippen molar-refractivity contribution in [2.75, 3.05) is 0 Å². The molecule has 0 radical (unpaired) electrons. The molecule has 1 atom stereocenters. The molecule has 1 heterocycles. The van der Waals surface area contributed by atoms with E-state index in [4.69, 9.17) is 20.5 Å². The molecule has 178 valence electrons. The quantitative estimate of drug-likeness (QED) is 0.589. The molecule has 1 saturated carbocycles. The van der Waals surface area contributed by atoms with Crippen LogP contribution in [-0.2, 0) is 16.8 Å². The number of aliphatic imine (C=N–C) groups is 2. The van der Waals surface area contributed by atoms with Crippen LogP contribution >= 0.6 is 0 Å². The van der Waals surface area contributed by atoms with Gasteiger partial charge in [-0.3, -0.25) is 4.99 Å². The van der Waals surface area contributed by atoms with Crippen LogP contribution in [0.2, 0.25) is 0 Å². The number of halogens is 3. The summed E-state index contributed by atoms with van der Waals surface area (Å²) in [6.45, 7) is 1.06. The molecule has 0 amide bonds. The Morgan fingerprint density at radius 3 is 2.44 bits per heavy atom. The molecule has 2 N–H and O–H groups in total. The van der Waals surface area contributed by atoms with Crippen molar-refractivity contribution in [2.24, 2.45) is 21.6 Å². The molecule has 0 bridgehead atoms. The van der Waals surface area contributed by atoms with Crippen molar-refractivity contribution in [3.8, 4) is 17.2 Å². The van der Waals surface area contributed by atoms with Crippen molar-refractivity contribution in [1.29, 1.82) is 5.26 Å². The molecular weight excluding hydrogens is 441 g/mol. The van der Waals surface area contributed by atoms with E-state index in [1.165, 1.54) is 12.1 Å². The van der Waals surface area contributed by atoms with Gasteiger partial charge in [-0.1, -0.05) is 19.1 Å². The van der Waals surface area contributed by atoms with Gasteiger partial charge >= 0.3 is 6.61 Å². The van der Waals surface area contributed by atoms with E-state index in [2.05, 4.69) is 0 Å². The molecule has 34 heavy (non-hydrogen) atoms. The maximum Gasteiger partial charge on any atom is 0.345 e. The average molecular weight is 469 g/mol. The molecule has 4 rings (SSSR count). The number of hydrogen-bond donors (Lipinski definition) is 1. The number of nitriles is 1. The number of benzene rings is 2. The van der Waals surface area contributed by atoms with Crippen molar-refractivity contribution < 1.29 is 17.9 Å². The number of hydrogen-bond acceptors (Lipinski definition) is 5. The molecule has 2 aromatic carbocycles. The zero-order valence-corrected chi connectivity index (χ0v) is 19.2. The summed E-state index contributed by atoms with van der Waals surface area (Å²) in [5.41, 5.74) is 9.32. The van der Waals surface area contributed by atoms with Crippen LogP contribution in [0.25, 0.3) is 11.1 Å². The number of amidine groups is 1. The van der Waals surface area contributed by atoms with Gasteiger partial charge in [0, 0.05) is 11.5 Å². The lowest BCUT2D eigenvalue weighted by atomic mass is 9.74. The Bertz CT molecular complexity index is 1160. The van der Waals surface area contributed by atoms with Crippen LogP contribution in [0.3, 0.4) is 0 Å². The van der Waals surface area contributed by atoms with E-state index in [1.54, 1.807) is 6.07 Å². The molecule has 1 aliphatic carbocycles. The number of aryl methyl sites for hydroxylation is 1. The Morgan fingerprint density at radius 1 is 1.12 bits per heavy atom. The summed E-state index contributed by atoms with van der Waals surface area (Å²) < 4.78 is 44.3. The van der Waals surface area contributed by atoms with Gasteiger partial charge in [0.25, 0.3) is 0 Å². The first-order valence-corrected chi connectivity index (χ1v) is 11.5. The fourth-order valence-corrected chi connectivity index (χ4v) is 5.10. The highest BCUT2D eigenvalue weighted by Crippen LogP contribution is 2.48. The summed E-state index contributed by atoms with van der Waals surface area (Å²) in [7, 11) is 0. The third-order valence-corrected chi connectivity index (χ3v) is 6.79. The van der Waals surface area contributed by atoms with E-state index >= 15 is 0 Å². The summed E-state index contributed by atoms with van der Waals surface area (Å²) >= 11 is 0. The predicted octanol–water partition coefficient (Wildman–Crippen LogP) is 5.71. The van der Waals surface area contributed by atoms with Gasteiger partial charge in [0.05, 0.1) is 23.4 Å². The number of ether oxygens (including phenoxy) is 1. The van der Waals surface area contributed by atoms with E-state index in [1.807, 2.05) is 38.1 Å². The van der Waals surface area contributed by atoms with Crippen LogP contribution in [0.15, 0.2) is 46.4 Å². The fraction of sp³-hybridized carbons (Fsp3) is 0.423. The number of nitrogens with two attached hydrogens (primary N) is 1. The molecule has 1 unspecified atom stereocenters. The largest absolute Gasteiger partial charge is 0.382 e. The first-order valence-electron chi connectivity index (χ1n) is 11.5. The highest BCUT2D eigenvalue weighted by Gasteiger charge is 2.46. The Kier molecular flexibility index (Phi) is 6.76. The Labute approximate surface area is 197 Å². The van der Waals surface area contributed by atoms with Crippen LogP contribution in [0.4, 0.5) is 13.2 Å². The van der Waals surface area contributed by atoms with Crippen LogP contribution in [0, 0.1) is 23.1 Å². The molecule has 2 aliphatic rings. The second kappa shape index (κ2) is 9.59. The lowest BCUT2D eigenvalue weighted by Crippen LogP contribution is -2.36. The van der Waals surface area contributed by atoms with Gasteiger partial charge in [0.2, 0.25) is 0 Å². The Hall–Kier alpha value is -3.18. The molecule has 2 aromatic rings. The molecule has 1 aliphatic heterocycles. The minimum atomic E-state index is -2.79. The summed E-state index contributed by atoms with van der Waals surface area (Å²) in [4.78, 5) is 9.80. The van der Waals surface area contributed by atoms with Crippen molar-refractivity contribution in [2.45, 2.75) is 64.3 Å². The van der Waals surface area contributed by atoms with E-state index < -0.39 is 24.2 Å². The van der Waals surface area contributed by atoms with Crippen molar-refractivity contribution in [1.82, 2.24) is 0 Å². The summed E-state index contributed by atoms with van der Waals surface area (Å²) in [6, 6.07) is 12.1. The third kappa shape index (κ3) is 4.58. The monoisotopic (exact) mass is 468 g/mol. The fourth-order valence-electron chi connectivity index (χ4n) is 5.10. The number of alkyl halides is 2. The first kappa shape index (κ1) is 24.0. The lowest BCUT2D eigenvalue weighted by Gasteiger charge is -2.38. The minimum absolute atomic E-state index is 0.0521. The van der Waals surface area contributed by atoms with Gasteiger partial charge in [0.1, 0.15) is 11.7 Å². The van der Waals surface area contributed by atoms with E-state index in [0.29, 0.717) is 42.8 Å². The Balaban J connectivity index is 1.80. The smallest absolute Gasteiger partial charge is 0.345 e. The SMILES string of the molecule is CCc1ccc(-c2cc(F)cc(C#N)c2)cc1C1(C2CCC(OC(F)F)CC2)N=C(C)C(N)=N1. The summed E-state index contributed by atoms with van der Waals surface area (Å²) in [5, 5.41) is 9.27. The van der Waals surface area contributed by atoms with Crippen LogP contribution < -0.4 is 5.73 Å². The normalized spacial score (nSPS) is 24.6. The summed E-state index contributed by atoms with van der Waals surface area (Å²) in [6.07, 6.45) is 2.41. The topological polar surface area (TPSA) is 83.8 Å². The molecular formula is C26H27F3N4O. The Morgan fingerprint density at radius 2 is 1.85 bits per heavy atom. The summed E-state index contributed by atoms with van der Waals surface area (Å²) in [5.74, 6) is -0.182. The van der Waals surface area contributed by atoms with Gasteiger partial charge in [-0.05, 0) is 80.0 Å². The highest BCUT2D eigenvalue weighted by molar-refractivity contribution is 6.41. The van der Waals surface area contributed by atoms with Crippen LogP contribution in [0.1, 0.15) is 56.2 Å². The molecule has 0 saturated heterocycles. The molecule has 0 spiro atoms. The lowest BCUT2D eigenvalue weighted by molar-refractivity contribution is -0.172. The number of nitrogens with zero attached hydrogens (tertiary/aromatic N) is 3. The van der Waals surface area contributed by atoms with E-state index in [-0.39, 0.29) is 11.5 Å². The van der Waals surface area contributed by atoms with Crippen molar-refractivity contribution >= 4 is 11.5 Å². The van der Waals surface area contributed by atoms with Gasteiger partial charge in [-0.2, -0.15) is 14.0 Å². The zero-order valence-electron chi connectivity index (χ0n) is 19.2. The molecule has 8 heteroatoms. The molecule has 1 fully saturated rings. The zero-order chi connectivity index (χ0) is 24.5. The molecule has 5 nitrogen and oxygen atoms in total. The third-order valence-electron chi connectivity index (χ3n) is 6.79. The van der Waals surface area contributed by atoms with E-state index in [0.717, 1.165) is 23.1 Å². The van der Waals surface area contributed by atoms with E-state index in [9.17, 15) is 18.4 Å². The minimum Gasteiger partial charge on any atom is -0.382 e. The second-order valence-corrected chi connectivity index (χ2v) is 8.86.